The molecule has 0 aliphatic carbocycles. The van der Waals surface area contributed by atoms with E-state index in [1.807, 2.05) is 0 Å². The minimum absolute atomic E-state index is 0.893. The molecule has 0 radical (unpaired) electrons. The summed E-state index contributed by atoms with van der Waals surface area (Å²) >= 11 is 0. The molecule has 0 saturated carbocycles. The van der Waals surface area contributed by atoms with E-state index in [-0.39, 0.29) is 0 Å². The number of rotatable bonds is 1. The van der Waals surface area contributed by atoms with Gasteiger partial charge in [0, 0.05) is 31.9 Å². The third-order valence-electron chi connectivity index (χ3n) is 4.12. The van der Waals surface area contributed by atoms with Crippen molar-refractivity contribution < 1.29 is 0 Å². The van der Waals surface area contributed by atoms with Gasteiger partial charge in [0.05, 0.1) is 0 Å². The summed E-state index contributed by atoms with van der Waals surface area (Å²) in [6.45, 7) is 7.29. The van der Waals surface area contributed by atoms with E-state index in [0.717, 1.165) is 11.8 Å². The largest absolute Gasteiger partial charge is 0.371 e. The predicted octanol–water partition coefficient (Wildman–Crippen LogP) is 1.99. The molecule has 0 N–H and O–H groups in total. The zero-order valence-electron chi connectivity index (χ0n) is 10.2. The fourth-order valence-electron chi connectivity index (χ4n) is 3.34. The van der Waals surface area contributed by atoms with Gasteiger partial charge in [-0.05, 0) is 37.4 Å². The van der Waals surface area contributed by atoms with Gasteiger partial charge in [-0.15, -0.1) is 0 Å². The maximum atomic E-state index is 2.58. The molecule has 1 aromatic carbocycles. The molecule has 0 amide bonds. The molecule has 2 aliphatic heterocycles. The zero-order valence-corrected chi connectivity index (χ0v) is 10.2. The Balaban J connectivity index is 1.78. The summed E-state index contributed by atoms with van der Waals surface area (Å²) in [4.78, 5) is 5.06. The number of hydrogen-bond acceptors (Lipinski definition) is 2. The minimum Gasteiger partial charge on any atom is -0.371 e. The highest BCUT2D eigenvalue weighted by molar-refractivity contribution is 5.54. The van der Waals surface area contributed by atoms with Gasteiger partial charge in [-0.1, -0.05) is 18.2 Å². The summed E-state index contributed by atoms with van der Waals surface area (Å²) in [6.07, 6.45) is 0. The molecule has 2 nitrogen and oxygen atoms in total. The van der Waals surface area contributed by atoms with Gasteiger partial charge in [-0.3, -0.25) is 0 Å². The molecule has 2 heterocycles. The molecule has 0 bridgehead atoms. The number of nitrogens with zero attached hydrogens (tertiary/aromatic N) is 2. The Morgan fingerprint density at radius 1 is 1.00 bits per heavy atom. The second kappa shape index (κ2) is 3.77. The lowest BCUT2D eigenvalue weighted by atomic mass is 10.0. The summed E-state index contributed by atoms with van der Waals surface area (Å²) < 4.78 is 0. The van der Waals surface area contributed by atoms with Crippen LogP contribution in [0.1, 0.15) is 5.56 Å². The molecule has 2 heteroatoms. The molecule has 2 unspecified atom stereocenters. The number of para-hydroxylation sites is 1. The second-order valence-corrected chi connectivity index (χ2v) is 5.43. The van der Waals surface area contributed by atoms with Crippen LogP contribution in [0.25, 0.3) is 0 Å². The highest BCUT2D eigenvalue weighted by Crippen LogP contribution is 2.34. The number of fused-ring (bicyclic) bond motifs is 1. The average Bonchev–Trinajstić information content (AvgIpc) is 2.75. The van der Waals surface area contributed by atoms with Gasteiger partial charge in [-0.2, -0.15) is 0 Å². The molecule has 1 aromatic rings. The van der Waals surface area contributed by atoms with Crippen molar-refractivity contribution in [1.82, 2.24) is 4.90 Å². The van der Waals surface area contributed by atoms with Crippen LogP contribution in [0.2, 0.25) is 0 Å². The Bertz CT molecular complexity index is 374. The molecule has 0 aromatic heterocycles. The smallest absolute Gasteiger partial charge is 0.0396 e. The van der Waals surface area contributed by atoms with Gasteiger partial charge in [0.25, 0.3) is 0 Å². The third kappa shape index (κ3) is 1.61. The van der Waals surface area contributed by atoms with Crippen molar-refractivity contribution in [3.8, 4) is 0 Å². The van der Waals surface area contributed by atoms with Crippen LogP contribution in [0, 0.1) is 18.8 Å². The summed E-state index contributed by atoms with van der Waals surface area (Å²) in [5.41, 5.74) is 2.86. The van der Waals surface area contributed by atoms with Crippen molar-refractivity contribution in [2.24, 2.45) is 11.8 Å². The fraction of sp³-hybridized carbons (Fsp3) is 0.571. The quantitative estimate of drug-likeness (QED) is 0.708. The molecule has 86 valence electrons. The van der Waals surface area contributed by atoms with Crippen LogP contribution in [0.3, 0.4) is 0 Å². The van der Waals surface area contributed by atoms with E-state index in [2.05, 4.69) is 48.0 Å². The molecule has 2 saturated heterocycles. The van der Waals surface area contributed by atoms with E-state index in [4.69, 9.17) is 0 Å². The van der Waals surface area contributed by atoms with Crippen molar-refractivity contribution in [2.75, 3.05) is 38.1 Å². The number of benzene rings is 1. The Labute approximate surface area is 97.9 Å². The van der Waals surface area contributed by atoms with Crippen LogP contribution < -0.4 is 4.90 Å². The first-order valence-corrected chi connectivity index (χ1v) is 6.23. The van der Waals surface area contributed by atoms with Crippen molar-refractivity contribution in [3.05, 3.63) is 29.8 Å². The summed E-state index contributed by atoms with van der Waals surface area (Å²) in [5.74, 6) is 1.79. The molecule has 2 atom stereocenters. The summed E-state index contributed by atoms with van der Waals surface area (Å²) in [7, 11) is 2.25. The Kier molecular flexibility index (Phi) is 2.40. The lowest BCUT2D eigenvalue weighted by Gasteiger charge is -2.23. The molecule has 2 fully saturated rings. The van der Waals surface area contributed by atoms with Crippen LogP contribution in [0.15, 0.2) is 24.3 Å². The normalized spacial score (nSPS) is 29.8. The third-order valence-corrected chi connectivity index (χ3v) is 4.12. The van der Waals surface area contributed by atoms with E-state index in [9.17, 15) is 0 Å². The maximum absolute atomic E-state index is 2.58. The second-order valence-electron chi connectivity index (χ2n) is 5.43. The van der Waals surface area contributed by atoms with Crippen molar-refractivity contribution in [2.45, 2.75) is 6.92 Å². The van der Waals surface area contributed by atoms with Crippen LogP contribution in [0.5, 0.6) is 0 Å². The van der Waals surface area contributed by atoms with E-state index in [0.29, 0.717) is 0 Å². The van der Waals surface area contributed by atoms with Gasteiger partial charge in [0.2, 0.25) is 0 Å². The van der Waals surface area contributed by atoms with E-state index in [1.54, 1.807) is 0 Å². The molecular formula is C14H20N2. The Morgan fingerprint density at radius 3 is 2.25 bits per heavy atom. The average molecular weight is 216 g/mol. The molecule has 3 rings (SSSR count). The van der Waals surface area contributed by atoms with E-state index >= 15 is 0 Å². The van der Waals surface area contributed by atoms with Crippen molar-refractivity contribution in [3.63, 3.8) is 0 Å². The van der Waals surface area contributed by atoms with Gasteiger partial charge in [0.15, 0.2) is 0 Å². The van der Waals surface area contributed by atoms with Crippen LogP contribution >= 0.6 is 0 Å². The van der Waals surface area contributed by atoms with Gasteiger partial charge in [-0.25, -0.2) is 0 Å². The molecule has 0 spiro atoms. The summed E-state index contributed by atoms with van der Waals surface area (Å²) in [6, 6.07) is 8.77. The van der Waals surface area contributed by atoms with Crippen molar-refractivity contribution >= 4 is 5.69 Å². The highest BCUT2D eigenvalue weighted by atomic mass is 15.2. The number of likely N-dealkylation sites (tertiary alicyclic amines) is 1. The summed E-state index contributed by atoms with van der Waals surface area (Å²) in [5, 5.41) is 0. The predicted molar refractivity (Wildman–Crippen MR) is 67.9 cm³/mol. The van der Waals surface area contributed by atoms with Crippen LogP contribution in [0.4, 0.5) is 5.69 Å². The van der Waals surface area contributed by atoms with Gasteiger partial charge < -0.3 is 9.80 Å². The number of anilines is 1. The topological polar surface area (TPSA) is 6.48 Å². The number of aryl methyl sites for hydroxylation is 1. The first-order chi connectivity index (χ1) is 7.74. The van der Waals surface area contributed by atoms with E-state index < -0.39 is 0 Å². The fourth-order valence-corrected chi connectivity index (χ4v) is 3.34. The Morgan fingerprint density at radius 2 is 1.62 bits per heavy atom. The van der Waals surface area contributed by atoms with Crippen LogP contribution in [-0.4, -0.2) is 38.1 Å². The minimum atomic E-state index is 0.893. The first-order valence-electron chi connectivity index (χ1n) is 6.23. The van der Waals surface area contributed by atoms with E-state index in [1.165, 1.54) is 37.4 Å². The highest BCUT2D eigenvalue weighted by Gasteiger charge is 2.38. The number of hydrogen-bond donors (Lipinski definition) is 0. The van der Waals surface area contributed by atoms with Gasteiger partial charge in [0.1, 0.15) is 0 Å². The maximum Gasteiger partial charge on any atom is 0.0396 e. The molecule has 16 heavy (non-hydrogen) atoms. The standard InChI is InChI=1S/C14H20N2/c1-11-5-3-4-6-14(11)16-9-12-7-15(2)8-13(12)10-16/h3-6,12-13H,7-10H2,1-2H3. The SMILES string of the molecule is Cc1ccccc1N1CC2CN(C)CC2C1. The van der Waals surface area contributed by atoms with Crippen molar-refractivity contribution in [1.29, 1.82) is 0 Å². The monoisotopic (exact) mass is 216 g/mol. The lowest BCUT2D eigenvalue weighted by molar-refractivity contribution is 0.387. The van der Waals surface area contributed by atoms with Gasteiger partial charge >= 0.3 is 0 Å². The van der Waals surface area contributed by atoms with Crippen LogP contribution in [-0.2, 0) is 0 Å². The lowest BCUT2D eigenvalue weighted by Crippen LogP contribution is -2.27. The Hall–Kier alpha value is -1.02. The first kappa shape index (κ1) is 10.2. The molecule has 2 aliphatic rings. The zero-order chi connectivity index (χ0) is 11.1. The molecular weight excluding hydrogens is 196 g/mol.